The Morgan fingerprint density at radius 1 is 0.935 bits per heavy atom. The van der Waals surface area contributed by atoms with Crippen LogP contribution in [0.3, 0.4) is 0 Å². The highest BCUT2D eigenvalue weighted by atomic mass is 32.2. The van der Waals surface area contributed by atoms with Gasteiger partial charge in [0.25, 0.3) is 11.5 Å². The van der Waals surface area contributed by atoms with Gasteiger partial charge in [-0.05, 0) is 35.9 Å². The summed E-state index contributed by atoms with van der Waals surface area (Å²) >= 11 is 1.38. The summed E-state index contributed by atoms with van der Waals surface area (Å²) in [7, 11) is 0. The number of nitrogens with one attached hydrogen (secondary N) is 2. The third-order valence-electron chi connectivity index (χ3n) is 4.79. The zero-order chi connectivity index (χ0) is 21.8. The fourth-order valence-electron chi connectivity index (χ4n) is 3.25. The molecule has 156 valence electrons. The van der Waals surface area contributed by atoms with Crippen molar-refractivity contribution in [1.82, 2.24) is 20.6 Å². The number of hydrogen-bond acceptors (Lipinski definition) is 5. The molecular weight excluding hydrogens is 412 g/mol. The highest BCUT2D eigenvalue weighted by molar-refractivity contribution is 8.00. The smallest absolute Gasteiger partial charge is 0.272 e. The number of nitrogens with zero attached hydrogens (tertiary/aromatic N) is 2. The molecule has 0 aliphatic carbocycles. The average molecular weight is 433 g/mol. The molecule has 0 aliphatic rings. The number of hydrazine groups is 1. The molecule has 3 aromatic carbocycles. The van der Waals surface area contributed by atoms with Crippen molar-refractivity contribution < 1.29 is 9.59 Å². The Labute approximate surface area is 182 Å². The average Bonchev–Trinajstić information content (AvgIpc) is 2.81. The summed E-state index contributed by atoms with van der Waals surface area (Å²) in [6.07, 6.45) is 0. The van der Waals surface area contributed by atoms with Gasteiger partial charge in [0.1, 0.15) is 0 Å². The Kier molecular flexibility index (Phi) is 5.99. The van der Waals surface area contributed by atoms with Crippen LogP contribution in [0.15, 0.2) is 76.4 Å². The Hall–Kier alpha value is -3.65. The molecule has 0 spiro atoms. The molecule has 8 heteroatoms. The number of aromatic nitrogens is 2. The molecule has 2 amide bonds. The molecule has 1 heterocycles. The van der Waals surface area contributed by atoms with Crippen LogP contribution in [0.5, 0.6) is 0 Å². The van der Waals surface area contributed by atoms with Crippen molar-refractivity contribution in [2.24, 2.45) is 0 Å². The summed E-state index contributed by atoms with van der Waals surface area (Å²) in [6.45, 7) is 2.11. The van der Waals surface area contributed by atoms with E-state index in [1.165, 1.54) is 16.4 Å². The standard InChI is InChI=1S/C23H20N4O3S/c1-2-27-23(30)19-10-6-5-9-18(19)21(26-27)22(29)25-24-20(28)14-31-17-12-11-15-7-3-4-8-16(15)13-17/h3-13H,2,14H2,1H3,(H,24,28)(H,25,29). The van der Waals surface area contributed by atoms with E-state index in [4.69, 9.17) is 0 Å². The summed E-state index contributed by atoms with van der Waals surface area (Å²) < 4.78 is 1.23. The lowest BCUT2D eigenvalue weighted by atomic mass is 10.1. The van der Waals surface area contributed by atoms with Gasteiger partial charge >= 0.3 is 0 Å². The SMILES string of the molecule is CCn1nc(C(=O)NNC(=O)CSc2ccc3ccccc3c2)c2ccccc2c1=O. The maximum absolute atomic E-state index is 12.7. The first-order valence-corrected chi connectivity index (χ1v) is 10.8. The van der Waals surface area contributed by atoms with Crippen LogP contribution in [0, 0.1) is 0 Å². The van der Waals surface area contributed by atoms with Gasteiger partial charge in [-0.15, -0.1) is 11.8 Å². The number of fused-ring (bicyclic) bond motifs is 2. The van der Waals surface area contributed by atoms with Crippen molar-refractivity contribution in [1.29, 1.82) is 0 Å². The quantitative estimate of drug-likeness (QED) is 0.373. The van der Waals surface area contributed by atoms with Gasteiger partial charge in [0.05, 0.1) is 11.1 Å². The predicted molar refractivity (Wildman–Crippen MR) is 122 cm³/mol. The first-order chi connectivity index (χ1) is 15.1. The fraction of sp³-hybridized carbons (Fsp3) is 0.130. The summed E-state index contributed by atoms with van der Waals surface area (Å²) in [5.74, 6) is -0.788. The number of thioether (sulfide) groups is 1. The van der Waals surface area contributed by atoms with Crippen LogP contribution in [0.1, 0.15) is 17.4 Å². The lowest BCUT2D eigenvalue weighted by Gasteiger charge is -2.11. The molecule has 0 fully saturated rings. The Morgan fingerprint density at radius 2 is 1.65 bits per heavy atom. The van der Waals surface area contributed by atoms with Gasteiger partial charge in [-0.3, -0.25) is 25.2 Å². The van der Waals surface area contributed by atoms with E-state index in [9.17, 15) is 14.4 Å². The Morgan fingerprint density at radius 3 is 2.42 bits per heavy atom. The predicted octanol–water partition coefficient (Wildman–Crippen LogP) is 3.12. The van der Waals surface area contributed by atoms with Crippen LogP contribution in [-0.2, 0) is 11.3 Å². The summed E-state index contributed by atoms with van der Waals surface area (Å²) in [5.41, 5.74) is 4.64. The second-order valence-electron chi connectivity index (χ2n) is 6.82. The van der Waals surface area contributed by atoms with Gasteiger partial charge < -0.3 is 0 Å². The van der Waals surface area contributed by atoms with Crippen molar-refractivity contribution in [3.8, 4) is 0 Å². The third-order valence-corrected chi connectivity index (χ3v) is 5.78. The monoisotopic (exact) mass is 432 g/mol. The van der Waals surface area contributed by atoms with Crippen LogP contribution >= 0.6 is 11.8 Å². The highest BCUT2D eigenvalue weighted by Gasteiger charge is 2.16. The minimum absolute atomic E-state index is 0.0829. The first-order valence-electron chi connectivity index (χ1n) is 9.77. The molecule has 1 aromatic heterocycles. The zero-order valence-corrected chi connectivity index (χ0v) is 17.6. The number of carbonyl (C=O) groups excluding carboxylic acids is 2. The minimum Gasteiger partial charge on any atom is -0.272 e. The number of aryl methyl sites for hydroxylation is 1. The molecule has 7 nitrogen and oxygen atoms in total. The third kappa shape index (κ3) is 4.44. The van der Waals surface area contributed by atoms with E-state index in [1.807, 2.05) is 42.5 Å². The van der Waals surface area contributed by atoms with E-state index in [1.54, 1.807) is 31.2 Å². The van der Waals surface area contributed by atoms with Crippen molar-refractivity contribution in [3.63, 3.8) is 0 Å². The number of amides is 2. The molecular formula is C23H20N4O3S. The first kappa shape index (κ1) is 20.6. The molecule has 0 saturated heterocycles. The Balaban J connectivity index is 1.42. The van der Waals surface area contributed by atoms with E-state index in [2.05, 4.69) is 16.0 Å². The van der Waals surface area contributed by atoms with Gasteiger partial charge in [0, 0.05) is 16.8 Å². The Bertz CT molecular complexity index is 1350. The molecule has 0 unspecified atom stereocenters. The van der Waals surface area contributed by atoms with Gasteiger partial charge in [-0.1, -0.05) is 48.5 Å². The van der Waals surface area contributed by atoms with Gasteiger partial charge in [0.15, 0.2) is 5.69 Å². The second-order valence-corrected chi connectivity index (χ2v) is 7.86. The molecule has 4 rings (SSSR count). The topological polar surface area (TPSA) is 93.1 Å². The number of carbonyl (C=O) groups is 2. The summed E-state index contributed by atoms with van der Waals surface area (Å²) in [6, 6.07) is 20.8. The number of rotatable bonds is 5. The van der Waals surface area contributed by atoms with Crippen molar-refractivity contribution in [3.05, 3.63) is 82.8 Å². The maximum Gasteiger partial charge on any atom is 0.290 e. The molecule has 2 N–H and O–H groups in total. The van der Waals surface area contributed by atoms with Crippen LogP contribution in [0.25, 0.3) is 21.5 Å². The molecule has 31 heavy (non-hydrogen) atoms. The molecule has 4 aromatic rings. The van der Waals surface area contributed by atoms with Crippen LogP contribution in [0.4, 0.5) is 0 Å². The second kappa shape index (κ2) is 9.01. The molecule has 0 bridgehead atoms. The van der Waals surface area contributed by atoms with Crippen molar-refractivity contribution in [2.45, 2.75) is 18.4 Å². The minimum atomic E-state index is -0.581. The van der Waals surface area contributed by atoms with Crippen LogP contribution in [0.2, 0.25) is 0 Å². The maximum atomic E-state index is 12.7. The van der Waals surface area contributed by atoms with Gasteiger partial charge in [-0.2, -0.15) is 5.10 Å². The lowest BCUT2D eigenvalue weighted by molar-refractivity contribution is -0.119. The summed E-state index contributed by atoms with van der Waals surface area (Å²) in [4.78, 5) is 38.2. The number of benzene rings is 3. The van der Waals surface area contributed by atoms with Gasteiger partial charge in [-0.25, -0.2) is 4.68 Å². The largest absolute Gasteiger partial charge is 0.290 e. The van der Waals surface area contributed by atoms with Crippen molar-refractivity contribution >= 4 is 45.1 Å². The van der Waals surface area contributed by atoms with Gasteiger partial charge in [0.2, 0.25) is 5.91 Å². The normalized spacial score (nSPS) is 10.9. The van der Waals surface area contributed by atoms with E-state index in [0.29, 0.717) is 17.3 Å². The van der Waals surface area contributed by atoms with Crippen molar-refractivity contribution in [2.75, 3.05) is 5.75 Å². The van der Waals surface area contributed by atoms with Crippen LogP contribution in [-0.4, -0.2) is 27.3 Å². The van der Waals surface area contributed by atoms with E-state index >= 15 is 0 Å². The van der Waals surface area contributed by atoms with E-state index in [0.717, 1.165) is 15.7 Å². The molecule has 0 radical (unpaired) electrons. The lowest BCUT2D eigenvalue weighted by Crippen LogP contribution is -2.43. The summed E-state index contributed by atoms with van der Waals surface area (Å²) in [5, 5.41) is 7.24. The van der Waals surface area contributed by atoms with E-state index < -0.39 is 5.91 Å². The van der Waals surface area contributed by atoms with E-state index in [-0.39, 0.29) is 22.9 Å². The number of hydrogen-bond donors (Lipinski definition) is 2. The van der Waals surface area contributed by atoms with Crippen LogP contribution < -0.4 is 16.4 Å². The fourth-order valence-corrected chi connectivity index (χ4v) is 3.99. The molecule has 0 atom stereocenters. The molecule has 0 aliphatic heterocycles. The molecule has 0 saturated carbocycles. The highest BCUT2D eigenvalue weighted by Crippen LogP contribution is 2.23. The zero-order valence-electron chi connectivity index (χ0n) is 16.8.